The molecule has 1 aromatic rings. The highest BCUT2D eigenvalue weighted by molar-refractivity contribution is 5.26. The molecule has 0 aliphatic carbocycles. The number of hydrogen-bond acceptors (Lipinski definition) is 2. The number of aryl methyl sites for hydroxylation is 1. The Kier molecular flexibility index (Phi) is 4.19. The third kappa shape index (κ3) is 3.01. The Balaban J connectivity index is 1.54. The number of nitrogens with one attached hydrogen (secondary N) is 1. The van der Waals surface area contributed by atoms with Gasteiger partial charge in [0.25, 0.3) is 0 Å². The summed E-state index contributed by atoms with van der Waals surface area (Å²) in [6.45, 7) is 5.94. The highest BCUT2D eigenvalue weighted by atomic mass is 15.2. The Morgan fingerprint density at radius 1 is 1.16 bits per heavy atom. The van der Waals surface area contributed by atoms with Crippen LogP contribution < -0.4 is 5.32 Å². The molecule has 0 bridgehead atoms. The summed E-state index contributed by atoms with van der Waals surface area (Å²) in [5.41, 5.74) is 2.98. The first-order valence-electron chi connectivity index (χ1n) is 7.91. The van der Waals surface area contributed by atoms with Crippen molar-refractivity contribution in [1.29, 1.82) is 0 Å². The highest BCUT2D eigenvalue weighted by Gasteiger charge is 2.31. The lowest BCUT2D eigenvalue weighted by Gasteiger charge is -2.35. The molecule has 1 N–H and O–H groups in total. The molecule has 0 amide bonds. The summed E-state index contributed by atoms with van der Waals surface area (Å²) in [7, 11) is 0. The van der Waals surface area contributed by atoms with Crippen molar-refractivity contribution in [3.8, 4) is 0 Å². The predicted molar refractivity (Wildman–Crippen MR) is 80.3 cm³/mol. The molecule has 2 nitrogen and oxygen atoms in total. The van der Waals surface area contributed by atoms with Crippen LogP contribution in [0, 0.1) is 0 Å². The summed E-state index contributed by atoms with van der Waals surface area (Å²) in [4.78, 5) is 2.69. The molecule has 1 aromatic carbocycles. The average Bonchev–Trinajstić information content (AvgIpc) is 2.93. The van der Waals surface area contributed by atoms with Crippen molar-refractivity contribution in [2.75, 3.05) is 13.1 Å². The van der Waals surface area contributed by atoms with Crippen LogP contribution in [0.3, 0.4) is 0 Å². The molecule has 19 heavy (non-hydrogen) atoms. The van der Waals surface area contributed by atoms with Crippen LogP contribution in [0.2, 0.25) is 0 Å². The Morgan fingerprint density at radius 3 is 2.84 bits per heavy atom. The zero-order valence-electron chi connectivity index (χ0n) is 12.1. The maximum absolute atomic E-state index is 3.80. The second kappa shape index (κ2) is 6.06. The molecule has 0 radical (unpaired) electrons. The fourth-order valence-corrected chi connectivity index (χ4v) is 3.74. The largest absolute Gasteiger partial charge is 0.310 e. The molecule has 2 atom stereocenters. The van der Waals surface area contributed by atoms with Gasteiger partial charge in [-0.25, -0.2) is 0 Å². The summed E-state index contributed by atoms with van der Waals surface area (Å²) in [6.07, 6.45) is 6.65. The lowest BCUT2D eigenvalue weighted by atomic mass is 9.97. The van der Waals surface area contributed by atoms with E-state index in [9.17, 15) is 0 Å². The minimum atomic E-state index is 0.726. The minimum Gasteiger partial charge on any atom is -0.310 e. The molecule has 3 rings (SSSR count). The standard InChI is InChI=1S/C17H26N2/c1-2-14-6-3-4-7-15(14)13-18-16-9-11-19-10-5-8-17(19)12-16/h3-4,6-7,16-18H,2,5,8-13H2,1H3. The van der Waals surface area contributed by atoms with Crippen molar-refractivity contribution >= 4 is 0 Å². The smallest absolute Gasteiger partial charge is 0.0210 e. The monoisotopic (exact) mass is 258 g/mol. The molecular weight excluding hydrogens is 232 g/mol. The highest BCUT2D eigenvalue weighted by Crippen LogP contribution is 2.27. The number of rotatable bonds is 4. The van der Waals surface area contributed by atoms with Gasteiger partial charge in [0.1, 0.15) is 0 Å². The van der Waals surface area contributed by atoms with Crippen LogP contribution in [-0.2, 0) is 13.0 Å². The van der Waals surface area contributed by atoms with E-state index in [1.807, 2.05) is 0 Å². The molecule has 2 unspecified atom stereocenters. The van der Waals surface area contributed by atoms with Crippen LogP contribution in [0.15, 0.2) is 24.3 Å². The van der Waals surface area contributed by atoms with Gasteiger partial charge in [0.05, 0.1) is 0 Å². The van der Waals surface area contributed by atoms with E-state index in [1.54, 1.807) is 0 Å². The van der Waals surface area contributed by atoms with Crippen molar-refractivity contribution in [3.63, 3.8) is 0 Å². The van der Waals surface area contributed by atoms with Gasteiger partial charge < -0.3 is 10.2 Å². The molecular formula is C17H26N2. The van der Waals surface area contributed by atoms with E-state index in [1.165, 1.54) is 49.9 Å². The van der Waals surface area contributed by atoms with E-state index in [-0.39, 0.29) is 0 Å². The minimum absolute atomic E-state index is 0.726. The van der Waals surface area contributed by atoms with Gasteiger partial charge in [0, 0.05) is 18.6 Å². The number of benzene rings is 1. The Labute approximate surface area is 117 Å². The molecule has 2 aliphatic rings. The first-order chi connectivity index (χ1) is 9.36. The van der Waals surface area contributed by atoms with Crippen LogP contribution in [0.1, 0.15) is 43.7 Å². The van der Waals surface area contributed by atoms with Gasteiger partial charge in [-0.2, -0.15) is 0 Å². The van der Waals surface area contributed by atoms with Crippen LogP contribution in [0.4, 0.5) is 0 Å². The Bertz CT molecular complexity index is 415. The first kappa shape index (κ1) is 13.1. The third-order valence-electron chi connectivity index (χ3n) is 4.90. The molecule has 0 aromatic heterocycles. The maximum Gasteiger partial charge on any atom is 0.0210 e. The predicted octanol–water partition coefficient (Wildman–Crippen LogP) is 2.97. The maximum atomic E-state index is 3.80. The lowest BCUT2D eigenvalue weighted by Crippen LogP contribution is -2.45. The number of piperidine rings is 1. The fourth-order valence-electron chi connectivity index (χ4n) is 3.74. The second-order valence-corrected chi connectivity index (χ2v) is 6.06. The van der Waals surface area contributed by atoms with Crippen molar-refractivity contribution in [1.82, 2.24) is 10.2 Å². The van der Waals surface area contributed by atoms with Crippen LogP contribution in [0.25, 0.3) is 0 Å². The fraction of sp³-hybridized carbons (Fsp3) is 0.647. The first-order valence-corrected chi connectivity index (χ1v) is 7.91. The second-order valence-electron chi connectivity index (χ2n) is 6.06. The van der Waals surface area contributed by atoms with Crippen molar-refractivity contribution < 1.29 is 0 Å². The molecule has 2 fully saturated rings. The summed E-state index contributed by atoms with van der Waals surface area (Å²) < 4.78 is 0. The summed E-state index contributed by atoms with van der Waals surface area (Å²) in [6, 6.07) is 10.4. The van der Waals surface area contributed by atoms with Gasteiger partial charge in [-0.05, 0) is 56.3 Å². The van der Waals surface area contributed by atoms with Gasteiger partial charge in [0.2, 0.25) is 0 Å². The molecule has 2 heterocycles. The number of nitrogens with zero attached hydrogens (tertiary/aromatic N) is 1. The normalized spacial score (nSPS) is 27.4. The summed E-state index contributed by atoms with van der Waals surface area (Å²) in [5, 5.41) is 3.80. The van der Waals surface area contributed by atoms with Crippen molar-refractivity contribution in [3.05, 3.63) is 35.4 Å². The summed E-state index contributed by atoms with van der Waals surface area (Å²) in [5.74, 6) is 0. The summed E-state index contributed by atoms with van der Waals surface area (Å²) >= 11 is 0. The van der Waals surface area contributed by atoms with Crippen LogP contribution in [0.5, 0.6) is 0 Å². The quantitative estimate of drug-likeness (QED) is 0.893. The third-order valence-corrected chi connectivity index (χ3v) is 4.90. The molecule has 104 valence electrons. The number of hydrogen-bond donors (Lipinski definition) is 1. The van der Waals surface area contributed by atoms with E-state index in [4.69, 9.17) is 0 Å². The molecule has 0 spiro atoms. The van der Waals surface area contributed by atoms with Crippen molar-refractivity contribution in [2.24, 2.45) is 0 Å². The SMILES string of the molecule is CCc1ccccc1CNC1CCN2CCCC2C1. The zero-order chi connectivity index (χ0) is 13.1. The van der Waals surface area contributed by atoms with Crippen LogP contribution in [-0.4, -0.2) is 30.1 Å². The molecule has 2 saturated heterocycles. The van der Waals surface area contributed by atoms with Gasteiger partial charge in [-0.15, -0.1) is 0 Å². The molecule has 2 heteroatoms. The van der Waals surface area contributed by atoms with Gasteiger partial charge in [-0.3, -0.25) is 0 Å². The molecule has 0 saturated carbocycles. The average molecular weight is 258 g/mol. The zero-order valence-corrected chi connectivity index (χ0v) is 12.1. The van der Waals surface area contributed by atoms with Gasteiger partial charge in [-0.1, -0.05) is 31.2 Å². The molecule has 2 aliphatic heterocycles. The lowest BCUT2D eigenvalue weighted by molar-refractivity contribution is 0.166. The van der Waals surface area contributed by atoms with E-state index >= 15 is 0 Å². The van der Waals surface area contributed by atoms with E-state index < -0.39 is 0 Å². The van der Waals surface area contributed by atoms with Gasteiger partial charge in [0.15, 0.2) is 0 Å². The van der Waals surface area contributed by atoms with E-state index in [0.29, 0.717) is 0 Å². The van der Waals surface area contributed by atoms with E-state index in [0.717, 1.165) is 25.0 Å². The van der Waals surface area contributed by atoms with Crippen LogP contribution >= 0.6 is 0 Å². The van der Waals surface area contributed by atoms with Gasteiger partial charge >= 0.3 is 0 Å². The Morgan fingerprint density at radius 2 is 2.00 bits per heavy atom. The topological polar surface area (TPSA) is 15.3 Å². The Hall–Kier alpha value is -0.860. The number of fused-ring (bicyclic) bond motifs is 1. The van der Waals surface area contributed by atoms with Crippen molar-refractivity contribution in [2.45, 2.75) is 57.7 Å². The van der Waals surface area contributed by atoms with E-state index in [2.05, 4.69) is 41.4 Å².